The van der Waals surface area contributed by atoms with Crippen LogP contribution in [-0.2, 0) is 4.79 Å². The van der Waals surface area contributed by atoms with Gasteiger partial charge in [-0.1, -0.05) is 11.8 Å². The van der Waals surface area contributed by atoms with E-state index in [0.29, 0.717) is 11.0 Å². The normalized spacial score (nSPS) is 12.2. The second kappa shape index (κ2) is 6.26. The summed E-state index contributed by atoms with van der Waals surface area (Å²) in [5.41, 5.74) is -0.443. The summed E-state index contributed by atoms with van der Waals surface area (Å²) in [5, 5.41) is 9.28. The van der Waals surface area contributed by atoms with Gasteiger partial charge in [0.05, 0.1) is 10.9 Å². The molecule has 0 spiro atoms. The molecule has 1 heterocycles. The van der Waals surface area contributed by atoms with Gasteiger partial charge in [0.1, 0.15) is 5.82 Å². The summed E-state index contributed by atoms with van der Waals surface area (Å²) in [6, 6.07) is 1.67. The van der Waals surface area contributed by atoms with E-state index in [-0.39, 0.29) is 0 Å². The zero-order chi connectivity index (χ0) is 16.4. The first-order valence-corrected chi connectivity index (χ1v) is 6.97. The van der Waals surface area contributed by atoms with Crippen molar-refractivity contribution in [3.8, 4) is 0 Å². The number of hydrogen-bond donors (Lipinski definition) is 2. The van der Waals surface area contributed by atoms with E-state index in [1.54, 1.807) is 6.92 Å². The first-order chi connectivity index (χ1) is 10.3. The standard InChI is InChI=1S/C12H12F3N5OS/c1-5(22-12-19-18-6(2)20(12)16)11(21)17-8-4-3-7(13)9(14)10(8)15/h3-5H,16H2,1-2H3,(H,17,21)/t5-/m0/s1. The Labute approximate surface area is 127 Å². The van der Waals surface area contributed by atoms with Gasteiger partial charge in [-0.2, -0.15) is 0 Å². The second-order valence-electron chi connectivity index (χ2n) is 4.37. The summed E-state index contributed by atoms with van der Waals surface area (Å²) >= 11 is 0.994. The van der Waals surface area contributed by atoms with Crippen LogP contribution in [0.3, 0.4) is 0 Å². The fraction of sp³-hybridized carbons (Fsp3) is 0.250. The van der Waals surface area contributed by atoms with E-state index in [1.165, 1.54) is 11.6 Å². The van der Waals surface area contributed by atoms with Crippen molar-refractivity contribution in [3.05, 3.63) is 35.4 Å². The van der Waals surface area contributed by atoms with Crippen LogP contribution in [0.5, 0.6) is 0 Å². The van der Waals surface area contributed by atoms with E-state index in [0.717, 1.165) is 23.9 Å². The zero-order valence-electron chi connectivity index (χ0n) is 11.6. The molecule has 10 heteroatoms. The number of aromatic nitrogens is 3. The largest absolute Gasteiger partial charge is 0.336 e. The van der Waals surface area contributed by atoms with Crippen LogP contribution >= 0.6 is 11.8 Å². The molecule has 0 radical (unpaired) electrons. The molecule has 0 bridgehead atoms. The number of hydrogen-bond acceptors (Lipinski definition) is 5. The molecule has 1 aromatic heterocycles. The fourth-order valence-electron chi connectivity index (χ4n) is 1.50. The number of carbonyl (C=O) groups is 1. The molecule has 0 unspecified atom stereocenters. The Bertz CT molecular complexity index is 721. The summed E-state index contributed by atoms with van der Waals surface area (Å²) in [6.07, 6.45) is 0. The van der Waals surface area contributed by atoms with Crippen molar-refractivity contribution in [1.29, 1.82) is 0 Å². The number of nitrogen functional groups attached to an aromatic ring is 1. The zero-order valence-corrected chi connectivity index (χ0v) is 12.4. The number of anilines is 1. The van der Waals surface area contributed by atoms with Gasteiger partial charge in [-0.05, 0) is 26.0 Å². The summed E-state index contributed by atoms with van der Waals surface area (Å²) in [4.78, 5) is 12.0. The van der Waals surface area contributed by atoms with Gasteiger partial charge < -0.3 is 11.2 Å². The Hall–Kier alpha value is -2.23. The smallest absolute Gasteiger partial charge is 0.237 e. The molecule has 1 aromatic carbocycles. The third-order valence-electron chi connectivity index (χ3n) is 2.78. The summed E-state index contributed by atoms with van der Waals surface area (Å²) in [6.45, 7) is 3.17. The number of nitrogens with zero attached hydrogens (tertiary/aromatic N) is 3. The Kier molecular flexibility index (Phi) is 4.59. The van der Waals surface area contributed by atoms with Crippen LogP contribution in [0.4, 0.5) is 18.9 Å². The number of nitrogens with two attached hydrogens (primary N) is 1. The highest BCUT2D eigenvalue weighted by Crippen LogP contribution is 2.24. The molecule has 6 nitrogen and oxygen atoms in total. The van der Waals surface area contributed by atoms with E-state index in [4.69, 9.17) is 5.84 Å². The average molecular weight is 331 g/mol. The van der Waals surface area contributed by atoms with Crippen molar-refractivity contribution in [2.45, 2.75) is 24.3 Å². The van der Waals surface area contributed by atoms with Gasteiger partial charge in [0.15, 0.2) is 17.5 Å². The predicted molar refractivity (Wildman–Crippen MR) is 75.2 cm³/mol. The number of carbonyl (C=O) groups excluding carboxylic acids is 1. The number of rotatable bonds is 4. The minimum Gasteiger partial charge on any atom is -0.336 e. The minimum atomic E-state index is -1.64. The number of benzene rings is 1. The van der Waals surface area contributed by atoms with Crippen LogP contribution in [0.2, 0.25) is 0 Å². The number of halogens is 3. The van der Waals surface area contributed by atoms with Crippen LogP contribution in [0.15, 0.2) is 17.3 Å². The highest BCUT2D eigenvalue weighted by atomic mass is 32.2. The molecule has 118 valence electrons. The maximum atomic E-state index is 13.5. The molecule has 0 aliphatic carbocycles. The van der Waals surface area contributed by atoms with Gasteiger partial charge in [-0.3, -0.25) is 4.79 Å². The monoisotopic (exact) mass is 331 g/mol. The Morgan fingerprint density at radius 3 is 2.59 bits per heavy atom. The van der Waals surface area contributed by atoms with Crippen LogP contribution in [0.1, 0.15) is 12.7 Å². The molecule has 0 fully saturated rings. The molecule has 0 aliphatic heterocycles. The van der Waals surface area contributed by atoms with E-state index in [1.807, 2.05) is 0 Å². The van der Waals surface area contributed by atoms with Gasteiger partial charge in [0, 0.05) is 0 Å². The molecule has 22 heavy (non-hydrogen) atoms. The van der Waals surface area contributed by atoms with Gasteiger partial charge in [-0.15, -0.1) is 10.2 Å². The molecule has 0 aliphatic rings. The molecular weight excluding hydrogens is 319 g/mol. The summed E-state index contributed by atoms with van der Waals surface area (Å²) < 4.78 is 40.6. The summed E-state index contributed by atoms with van der Waals surface area (Å²) in [7, 11) is 0. The molecule has 2 rings (SSSR count). The first kappa shape index (κ1) is 16.1. The lowest BCUT2D eigenvalue weighted by molar-refractivity contribution is -0.115. The van der Waals surface area contributed by atoms with Crippen molar-refractivity contribution in [1.82, 2.24) is 14.9 Å². The molecule has 0 saturated heterocycles. The third kappa shape index (κ3) is 3.16. The topological polar surface area (TPSA) is 85.8 Å². The van der Waals surface area contributed by atoms with E-state index < -0.39 is 34.3 Å². The molecule has 0 saturated carbocycles. The number of thioether (sulfide) groups is 1. The highest BCUT2D eigenvalue weighted by molar-refractivity contribution is 8.00. The maximum Gasteiger partial charge on any atom is 0.237 e. The van der Waals surface area contributed by atoms with Gasteiger partial charge in [-0.25, -0.2) is 17.8 Å². The number of aryl methyl sites for hydroxylation is 1. The van der Waals surface area contributed by atoms with Crippen molar-refractivity contribution in [3.63, 3.8) is 0 Å². The van der Waals surface area contributed by atoms with E-state index in [2.05, 4.69) is 15.5 Å². The molecular formula is C12H12F3N5OS. The van der Waals surface area contributed by atoms with Crippen LogP contribution in [0, 0.1) is 24.4 Å². The highest BCUT2D eigenvalue weighted by Gasteiger charge is 2.21. The lowest BCUT2D eigenvalue weighted by atomic mass is 10.2. The predicted octanol–water partition coefficient (Wildman–Crippen LogP) is 1.84. The third-order valence-corrected chi connectivity index (χ3v) is 3.84. The van der Waals surface area contributed by atoms with Gasteiger partial charge in [0.2, 0.25) is 11.1 Å². The SMILES string of the molecule is Cc1nnc(S[C@@H](C)C(=O)Nc2ccc(F)c(F)c2F)n1N. The van der Waals surface area contributed by atoms with Crippen LogP contribution in [-0.4, -0.2) is 26.0 Å². The van der Waals surface area contributed by atoms with Crippen molar-refractivity contribution in [2.75, 3.05) is 11.2 Å². The molecule has 1 amide bonds. The quantitative estimate of drug-likeness (QED) is 0.507. The van der Waals surface area contributed by atoms with E-state index in [9.17, 15) is 18.0 Å². The fourth-order valence-corrected chi connectivity index (χ4v) is 2.31. The second-order valence-corrected chi connectivity index (χ2v) is 5.68. The number of amides is 1. The maximum absolute atomic E-state index is 13.5. The lowest BCUT2D eigenvalue weighted by Gasteiger charge is -2.12. The van der Waals surface area contributed by atoms with Crippen molar-refractivity contribution >= 4 is 23.4 Å². The molecule has 2 aromatic rings. The van der Waals surface area contributed by atoms with Crippen LogP contribution < -0.4 is 11.2 Å². The Morgan fingerprint density at radius 1 is 1.32 bits per heavy atom. The van der Waals surface area contributed by atoms with Crippen molar-refractivity contribution in [2.24, 2.45) is 0 Å². The first-order valence-electron chi connectivity index (χ1n) is 6.09. The van der Waals surface area contributed by atoms with Crippen LogP contribution in [0.25, 0.3) is 0 Å². The lowest BCUT2D eigenvalue weighted by Crippen LogP contribution is -2.24. The molecule has 3 N–H and O–H groups in total. The summed E-state index contributed by atoms with van der Waals surface area (Å²) in [5.74, 6) is 1.07. The van der Waals surface area contributed by atoms with Gasteiger partial charge >= 0.3 is 0 Å². The Balaban J connectivity index is 2.09. The molecule has 1 atom stereocenters. The van der Waals surface area contributed by atoms with E-state index >= 15 is 0 Å². The van der Waals surface area contributed by atoms with Crippen molar-refractivity contribution < 1.29 is 18.0 Å². The van der Waals surface area contributed by atoms with Gasteiger partial charge in [0.25, 0.3) is 0 Å². The Morgan fingerprint density at radius 2 is 2.00 bits per heavy atom. The average Bonchev–Trinajstić information content (AvgIpc) is 2.79. The minimum absolute atomic E-state index is 0.297. The number of nitrogens with one attached hydrogen (secondary N) is 1.